The fourth-order valence-corrected chi connectivity index (χ4v) is 3.63. The van der Waals surface area contributed by atoms with E-state index in [9.17, 15) is 19.2 Å². The highest BCUT2D eigenvalue weighted by Crippen LogP contribution is 2.24. The summed E-state index contributed by atoms with van der Waals surface area (Å²) in [6.45, 7) is 3.08. The molecule has 3 rings (SSSR count). The number of amides is 3. The van der Waals surface area contributed by atoms with Crippen LogP contribution in [0, 0.1) is 5.92 Å². The number of benzene rings is 1. The normalized spacial score (nSPS) is 23.0. The zero-order chi connectivity index (χ0) is 19.6. The molecule has 0 bridgehead atoms. The number of rotatable bonds is 5. The third-order valence-electron chi connectivity index (χ3n) is 5.28. The van der Waals surface area contributed by atoms with Crippen molar-refractivity contribution in [3.05, 3.63) is 35.4 Å². The van der Waals surface area contributed by atoms with E-state index in [1.165, 1.54) is 13.3 Å². The maximum atomic E-state index is 12.3. The molecule has 1 aliphatic heterocycles. The highest BCUT2D eigenvalue weighted by molar-refractivity contribution is 6.22. The lowest BCUT2D eigenvalue weighted by Crippen LogP contribution is -2.46. The molecule has 0 saturated heterocycles. The lowest BCUT2D eigenvalue weighted by Gasteiger charge is -2.30. The van der Waals surface area contributed by atoms with Crippen LogP contribution in [0.15, 0.2) is 24.3 Å². The lowest BCUT2D eigenvalue weighted by molar-refractivity contribution is -0.155. The van der Waals surface area contributed by atoms with Gasteiger partial charge in [0.25, 0.3) is 17.7 Å². The van der Waals surface area contributed by atoms with E-state index in [-0.39, 0.29) is 23.1 Å². The standard InChI is InChI=1S/C20H24N2O5/c1-12-7-3-6-10-16(12)21-18(24)13(2)27-17(23)11-22-19(25)14-8-4-5-9-15(14)20(22)26/h4-5,8-9,12-13,16H,3,6-7,10-11H2,1-2H3,(H,21,24)/t12-,13-,16+/m1/s1. The van der Waals surface area contributed by atoms with Gasteiger partial charge in [0.2, 0.25) is 0 Å². The number of ether oxygens (including phenoxy) is 1. The maximum absolute atomic E-state index is 12.3. The van der Waals surface area contributed by atoms with Gasteiger partial charge in [0.15, 0.2) is 6.10 Å². The van der Waals surface area contributed by atoms with Crippen LogP contribution in [0.25, 0.3) is 0 Å². The number of nitrogens with one attached hydrogen (secondary N) is 1. The molecule has 0 spiro atoms. The van der Waals surface area contributed by atoms with Crippen molar-refractivity contribution in [3.63, 3.8) is 0 Å². The van der Waals surface area contributed by atoms with Crippen molar-refractivity contribution >= 4 is 23.7 Å². The van der Waals surface area contributed by atoms with E-state index < -0.39 is 30.4 Å². The molecule has 2 aliphatic rings. The molecule has 0 unspecified atom stereocenters. The Morgan fingerprint density at radius 1 is 1.15 bits per heavy atom. The molecular weight excluding hydrogens is 348 g/mol. The first-order valence-corrected chi connectivity index (χ1v) is 9.33. The summed E-state index contributed by atoms with van der Waals surface area (Å²) in [7, 11) is 0. The van der Waals surface area contributed by atoms with Crippen LogP contribution in [0.5, 0.6) is 0 Å². The SMILES string of the molecule is C[C@@H]1CCCC[C@@H]1NC(=O)[C@@H](C)OC(=O)CN1C(=O)c2ccccc2C1=O. The van der Waals surface area contributed by atoms with Gasteiger partial charge in [0.05, 0.1) is 11.1 Å². The number of fused-ring (bicyclic) bond motifs is 1. The summed E-state index contributed by atoms with van der Waals surface area (Å²) in [4.78, 5) is 49.9. The minimum absolute atomic E-state index is 0.0867. The maximum Gasteiger partial charge on any atom is 0.326 e. The van der Waals surface area contributed by atoms with Gasteiger partial charge in [0, 0.05) is 6.04 Å². The molecule has 3 atom stereocenters. The first-order chi connectivity index (χ1) is 12.9. The molecule has 1 aliphatic carbocycles. The molecule has 0 aromatic heterocycles. The Balaban J connectivity index is 1.54. The Morgan fingerprint density at radius 3 is 2.33 bits per heavy atom. The summed E-state index contributed by atoms with van der Waals surface area (Å²) in [5.74, 6) is -1.81. The second kappa shape index (κ2) is 7.90. The number of carbonyl (C=O) groups excluding carboxylic acids is 4. The van der Waals surface area contributed by atoms with Crippen LogP contribution in [0.1, 0.15) is 60.2 Å². The molecule has 1 heterocycles. The Hall–Kier alpha value is -2.70. The Labute approximate surface area is 158 Å². The molecule has 7 heteroatoms. The number of imide groups is 1. The Kier molecular flexibility index (Phi) is 5.58. The Bertz CT molecular complexity index is 740. The van der Waals surface area contributed by atoms with Gasteiger partial charge >= 0.3 is 5.97 Å². The molecule has 7 nitrogen and oxygen atoms in total. The summed E-state index contributed by atoms with van der Waals surface area (Å²) < 4.78 is 5.15. The largest absolute Gasteiger partial charge is 0.451 e. The van der Waals surface area contributed by atoms with Gasteiger partial charge in [0.1, 0.15) is 6.54 Å². The molecule has 1 fully saturated rings. The fourth-order valence-electron chi connectivity index (χ4n) is 3.63. The second-order valence-corrected chi connectivity index (χ2v) is 7.25. The van der Waals surface area contributed by atoms with Gasteiger partial charge in [-0.15, -0.1) is 0 Å². The first kappa shape index (κ1) is 19.1. The van der Waals surface area contributed by atoms with Gasteiger partial charge < -0.3 is 10.1 Å². The van der Waals surface area contributed by atoms with Gasteiger partial charge in [-0.2, -0.15) is 0 Å². The average molecular weight is 372 g/mol. The number of nitrogens with zero attached hydrogens (tertiary/aromatic N) is 1. The summed E-state index contributed by atoms with van der Waals surface area (Å²) >= 11 is 0. The predicted octanol–water partition coefficient (Wildman–Crippen LogP) is 1.91. The van der Waals surface area contributed by atoms with E-state index in [1.54, 1.807) is 24.3 Å². The topological polar surface area (TPSA) is 92.8 Å². The molecule has 1 N–H and O–H groups in total. The van der Waals surface area contributed by atoms with Crippen LogP contribution in [-0.2, 0) is 14.3 Å². The fraction of sp³-hybridized carbons (Fsp3) is 0.500. The van der Waals surface area contributed by atoms with Crippen molar-refractivity contribution in [2.75, 3.05) is 6.54 Å². The highest BCUT2D eigenvalue weighted by atomic mass is 16.5. The molecule has 3 amide bonds. The van der Waals surface area contributed by atoms with Crippen molar-refractivity contribution in [2.24, 2.45) is 5.92 Å². The third-order valence-corrected chi connectivity index (χ3v) is 5.28. The van der Waals surface area contributed by atoms with E-state index in [0.29, 0.717) is 5.92 Å². The number of hydrogen-bond acceptors (Lipinski definition) is 5. The van der Waals surface area contributed by atoms with Crippen LogP contribution >= 0.6 is 0 Å². The van der Waals surface area contributed by atoms with Crippen LogP contribution in [0.2, 0.25) is 0 Å². The summed E-state index contributed by atoms with van der Waals surface area (Å²) in [5.41, 5.74) is 0.541. The number of hydrogen-bond donors (Lipinski definition) is 1. The lowest BCUT2D eigenvalue weighted by atomic mass is 9.86. The van der Waals surface area contributed by atoms with Gasteiger partial charge in [-0.3, -0.25) is 24.1 Å². The minimum Gasteiger partial charge on any atom is -0.451 e. The van der Waals surface area contributed by atoms with Crippen molar-refractivity contribution in [1.29, 1.82) is 0 Å². The third kappa shape index (κ3) is 4.02. The van der Waals surface area contributed by atoms with Gasteiger partial charge in [-0.05, 0) is 37.8 Å². The minimum atomic E-state index is -0.984. The zero-order valence-corrected chi connectivity index (χ0v) is 15.6. The van der Waals surface area contributed by atoms with Crippen molar-refractivity contribution in [3.8, 4) is 0 Å². The Morgan fingerprint density at radius 2 is 1.74 bits per heavy atom. The van der Waals surface area contributed by atoms with E-state index in [0.717, 1.165) is 24.2 Å². The van der Waals surface area contributed by atoms with Crippen LogP contribution in [0.4, 0.5) is 0 Å². The highest BCUT2D eigenvalue weighted by Gasteiger charge is 2.37. The molecule has 1 saturated carbocycles. The van der Waals surface area contributed by atoms with E-state index in [1.807, 2.05) is 0 Å². The molecule has 27 heavy (non-hydrogen) atoms. The average Bonchev–Trinajstić information content (AvgIpc) is 2.89. The molecule has 0 radical (unpaired) electrons. The summed E-state index contributed by atoms with van der Waals surface area (Å²) in [6.07, 6.45) is 3.24. The second-order valence-electron chi connectivity index (χ2n) is 7.25. The summed E-state index contributed by atoms with van der Waals surface area (Å²) in [5, 5.41) is 2.94. The van der Waals surface area contributed by atoms with E-state index in [2.05, 4.69) is 12.2 Å². The van der Waals surface area contributed by atoms with E-state index in [4.69, 9.17) is 4.74 Å². The van der Waals surface area contributed by atoms with Gasteiger partial charge in [-0.1, -0.05) is 31.9 Å². The van der Waals surface area contributed by atoms with Crippen LogP contribution in [-0.4, -0.2) is 47.3 Å². The first-order valence-electron chi connectivity index (χ1n) is 9.33. The van der Waals surface area contributed by atoms with E-state index >= 15 is 0 Å². The zero-order valence-electron chi connectivity index (χ0n) is 15.6. The molecular formula is C20H24N2O5. The molecule has 1 aromatic carbocycles. The van der Waals surface area contributed by atoms with Crippen molar-refractivity contribution < 1.29 is 23.9 Å². The van der Waals surface area contributed by atoms with Gasteiger partial charge in [-0.25, -0.2) is 0 Å². The predicted molar refractivity (Wildman–Crippen MR) is 96.9 cm³/mol. The quantitative estimate of drug-likeness (QED) is 0.630. The van der Waals surface area contributed by atoms with Crippen LogP contribution in [0.3, 0.4) is 0 Å². The number of esters is 1. The molecule has 144 valence electrons. The molecule has 1 aromatic rings. The monoisotopic (exact) mass is 372 g/mol. The smallest absolute Gasteiger partial charge is 0.326 e. The van der Waals surface area contributed by atoms with Crippen molar-refractivity contribution in [1.82, 2.24) is 10.2 Å². The summed E-state index contributed by atoms with van der Waals surface area (Å²) in [6, 6.07) is 6.49. The van der Waals surface area contributed by atoms with Crippen LogP contribution < -0.4 is 5.32 Å². The van der Waals surface area contributed by atoms with Crippen molar-refractivity contribution in [2.45, 2.75) is 51.7 Å². The number of carbonyl (C=O) groups is 4.